The lowest BCUT2D eigenvalue weighted by molar-refractivity contribution is 0.239. The van der Waals surface area contributed by atoms with Crippen LogP contribution in [0.2, 0.25) is 0 Å². The summed E-state index contributed by atoms with van der Waals surface area (Å²) in [5.74, 6) is 0. The van der Waals surface area contributed by atoms with Crippen LogP contribution in [0.4, 0.5) is 4.39 Å². The topological polar surface area (TPSA) is 57.5 Å². The maximum absolute atomic E-state index is 12.5. The van der Waals surface area contributed by atoms with Gasteiger partial charge in [-0.05, 0) is 25.7 Å². The van der Waals surface area contributed by atoms with E-state index in [1.165, 1.54) is 0 Å². The lowest BCUT2D eigenvalue weighted by Crippen LogP contribution is -2.19. The summed E-state index contributed by atoms with van der Waals surface area (Å²) in [5, 5.41) is 0. The normalized spacial score (nSPS) is 33.7. The molecule has 1 aliphatic carbocycles. The third kappa shape index (κ3) is 2.55. The number of hydrogen-bond donors (Lipinski definition) is 2. The molecule has 66 valence electrons. The molecule has 0 spiro atoms. The van der Waals surface area contributed by atoms with Crippen molar-refractivity contribution in [1.82, 2.24) is 0 Å². The van der Waals surface area contributed by atoms with E-state index in [0.29, 0.717) is 25.7 Å². The molecule has 1 saturated carbocycles. The molecule has 2 N–H and O–H groups in total. The summed E-state index contributed by atoms with van der Waals surface area (Å²) in [7, 11) is -3.93. The summed E-state index contributed by atoms with van der Waals surface area (Å²) in [6.07, 6.45) is 0.403. The minimum atomic E-state index is -3.93. The third-order valence-corrected chi connectivity index (χ3v) is 3.57. The number of alkyl halides is 1. The van der Waals surface area contributed by atoms with Gasteiger partial charge in [-0.3, -0.25) is 4.57 Å². The van der Waals surface area contributed by atoms with E-state index in [1.807, 2.05) is 0 Å². The van der Waals surface area contributed by atoms with Crippen molar-refractivity contribution in [3.8, 4) is 0 Å². The van der Waals surface area contributed by atoms with E-state index >= 15 is 0 Å². The Morgan fingerprint density at radius 3 is 2.00 bits per heavy atom. The number of halogens is 1. The lowest BCUT2D eigenvalue weighted by Gasteiger charge is -2.24. The predicted octanol–water partition coefficient (Wildman–Crippen LogP) is 1.44. The first kappa shape index (κ1) is 9.17. The van der Waals surface area contributed by atoms with E-state index in [2.05, 4.69) is 0 Å². The van der Waals surface area contributed by atoms with E-state index < -0.39 is 19.4 Å². The first-order valence-corrected chi connectivity index (χ1v) is 5.37. The van der Waals surface area contributed by atoms with Gasteiger partial charge >= 0.3 is 7.60 Å². The van der Waals surface area contributed by atoms with Crippen molar-refractivity contribution in [2.75, 3.05) is 0 Å². The minimum Gasteiger partial charge on any atom is -0.324 e. The zero-order valence-electron chi connectivity index (χ0n) is 6.11. The molecule has 0 bridgehead atoms. The fraction of sp³-hybridized carbons (Fsp3) is 1.00. The monoisotopic (exact) mass is 182 g/mol. The molecule has 0 aromatic rings. The van der Waals surface area contributed by atoms with Gasteiger partial charge in [0, 0.05) is 0 Å². The molecule has 0 aromatic carbocycles. The largest absolute Gasteiger partial charge is 0.328 e. The highest BCUT2D eigenvalue weighted by Gasteiger charge is 2.32. The van der Waals surface area contributed by atoms with Crippen LogP contribution in [0, 0.1) is 0 Å². The molecule has 3 nitrogen and oxygen atoms in total. The van der Waals surface area contributed by atoms with E-state index in [4.69, 9.17) is 9.79 Å². The van der Waals surface area contributed by atoms with Gasteiger partial charge in [0.1, 0.15) is 6.17 Å². The van der Waals surface area contributed by atoms with Gasteiger partial charge in [0.15, 0.2) is 0 Å². The van der Waals surface area contributed by atoms with Crippen molar-refractivity contribution in [1.29, 1.82) is 0 Å². The average Bonchev–Trinajstić information content (AvgIpc) is 1.86. The van der Waals surface area contributed by atoms with Gasteiger partial charge in [0.05, 0.1) is 5.66 Å². The van der Waals surface area contributed by atoms with Gasteiger partial charge in [0.2, 0.25) is 0 Å². The fourth-order valence-electron chi connectivity index (χ4n) is 1.37. The number of rotatable bonds is 1. The second kappa shape index (κ2) is 3.21. The molecule has 11 heavy (non-hydrogen) atoms. The van der Waals surface area contributed by atoms with Crippen molar-refractivity contribution < 1.29 is 18.7 Å². The maximum Gasteiger partial charge on any atom is 0.328 e. The molecule has 0 saturated heterocycles. The van der Waals surface area contributed by atoms with Crippen LogP contribution in [-0.4, -0.2) is 21.6 Å². The molecule has 0 atom stereocenters. The van der Waals surface area contributed by atoms with Gasteiger partial charge in [-0.2, -0.15) is 0 Å². The van der Waals surface area contributed by atoms with E-state index in [9.17, 15) is 8.96 Å². The van der Waals surface area contributed by atoms with Gasteiger partial charge < -0.3 is 9.79 Å². The summed E-state index contributed by atoms with van der Waals surface area (Å²) < 4.78 is 23.2. The van der Waals surface area contributed by atoms with Crippen LogP contribution in [0.3, 0.4) is 0 Å². The van der Waals surface area contributed by atoms with Crippen molar-refractivity contribution in [3.63, 3.8) is 0 Å². The Bertz CT molecular complexity index is 171. The smallest absolute Gasteiger partial charge is 0.324 e. The van der Waals surface area contributed by atoms with Crippen molar-refractivity contribution in [2.45, 2.75) is 37.5 Å². The minimum absolute atomic E-state index is 0.301. The lowest BCUT2D eigenvalue weighted by atomic mass is 9.98. The quantitative estimate of drug-likeness (QED) is 0.603. The first-order valence-electron chi connectivity index (χ1n) is 3.69. The molecule has 1 aliphatic rings. The predicted molar refractivity (Wildman–Crippen MR) is 39.2 cm³/mol. The molecule has 0 radical (unpaired) electrons. The molecule has 5 heteroatoms. The molecule has 0 aliphatic heterocycles. The van der Waals surface area contributed by atoms with Gasteiger partial charge in [-0.25, -0.2) is 4.39 Å². The number of hydrogen-bond acceptors (Lipinski definition) is 1. The molecule has 1 rings (SSSR count). The van der Waals surface area contributed by atoms with Crippen LogP contribution in [-0.2, 0) is 4.57 Å². The third-order valence-electron chi connectivity index (χ3n) is 2.10. The Morgan fingerprint density at radius 2 is 1.64 bits per heavy atom. The zero-order chi connectivity index (χ0) is 8.48. The summed E-state index contributed by atoms with van der Waals surface area (Å²) in [6.45, 7) is 0. The van der Waals surface area contributed by atoms with Gasteiger partial charge in [-0.1, -0.05) is 0 Å². The molecule has 0 aromatic heterocycles. The Balaban J connectivity index is 2.46. The van der Waals surface area contributed by atoms with Crippen LogP contribution in [0.25, 0.3) is 0 Å². The van der Waals surface area contributed by atoms with Crippen LogP contribution in [0.1, 0.15) is 25.7 Å². The van der Waals surface area contributed by atoms with Crippen LogP contribution in [0.15, 0.2) is 0 Å². The van der Waals surface area contributed by atoms with E-state index in [1.54, 1.807) is 0 Å². The highest BCUT2D eigenvalue weighted by molar-refractivity contribution is 7.52. The van der Waals surface area contributed by atoms with Gasteiger partial charge in [0.25, 0.3) is 0 Å². The fourth-order valence-corrected chi connectivity index (χ4v) is 2.34. The zero-order valence-corrected chi connectivity index (χ0v) is 7.01. The van der Waals surface area contributed by atoms with Crippen LogP contribution < -0.4 is 0 Å². The SMILES string of the molecule is O=P(O)(O)C1CCC(F)CC1. The maximum atomic E-state index is 12.5. The van der Waals surface area contributed by atoms with E-state index in [0.717, 1.165) is 0 Å². The van der Waals surface area contributed by atoms with Crippen LogP contribution >= 0.6 is 7.60 Å². The molecule has 0 amide bonds. The molecule has 1 fully saturated rings. The standard InChI is InChI=1S/C6H12FO3P/c7-5-1-3-6(4-2-5)11(8,9)10/h5-6H,1-4H2,(H2,8,9,10). The highest BCUT2D eigenvalue weighted by atomic mass is 31.2. The first-order chi connectivity index (χ1) is 5.00. The van der Waals surface area contributed by atoms with Crippen molar-refractivity contribution >= 4 is 7.60 Å². The molecular weight excluding hydrogens is 170 g/mol. The molecule has 0 unspecified atom stereocenters. The summed E-state index contributed by atoms with van der Waals surface area (Å²) in [4.78, 5) is 17.4. The average molecular weight is 182 g/mol. The highest BCUT2D eigenvalue weighted by Crippen LogP contribution is 2.48. The summed E-state index contributed by atoms with van der Waals surface area (Å²) in [6, 6.07) is 0. The Hall–Kier alpha value is 0.0800. The molecular formula is C6H12FO3P. The van der Waals surface area contributed by atoms with Crippen LogP contribution in [0.5, 0.6) is 0 Å². The van der Waals surface area contributed by atoms with Crippen molar-refractivity contribution in [3.05, 3.63) is 0 Å². The summed E-state index contributed by atoms with van der Waals surface area (Å²) >= 11 is 0. The van der Waals surface area contributed by atoms with Crippen molar-refractivity contribution in [2.24, 2.45) is 0 Å². The molecule has 0 heterocycles. The van der Waals surface area contributed by atoms with E-state index in [-0.39, 0.29) is 0 Å². The van der Waals surface area contributed by atoms with Gasteiger partial charge in [-0.15, -0.1) is 0 Å². The Kier molecular flexibility index (Phi) is 2.68. The second-order valence-corrected chi connectivity index (χ2v) is 4.90. The Labute approximate surface area is 64.8 Å². The second-order valence-electron chi connectivity index (χ2n) is 2.99. The Morgan fingerprint density at radius 1 is 1.18 bits per heavy atom. The summed E-state index contributed by atoms with van der Waals surface area (Å²) in [5.41, 5.74) is -0.588.